The van der Waals surface area contributed by atoms with Gasteiger partial charge in [-0.2, -0.15) is 0 Å². The Kier molecular flexibility index (Phi) is 10.2. The molecular formula is C26H33FO5. The molecule has 5 nitrogen and oxygen atoms in total. The summed E-state index contributed by atoms with van der Waals surface area (Å²) in [6, 6.07) is 7.98. The third-order valence-corrected chi connectivity index (χ3v) is 5.43. The molecule has 0 spiro atoms. The average molecular weight is 445 g/mol. The lowest BCUT2D eigenvalue weighted by atomic mass is 9.96. The number of ether oxygens (including phenoxy) is 2. The standard InChI is InChI=1S/C26H33FO5/c1-4-6-7-8-9-10-15-31-24-14-11-19(16-22(24)27)26(30)32-20-12-13-21(23(28)17-20)25(29)18(3)5-2/h11-14,16-18,28H,4-10,15H2,1-3H3. The van der Waals surface area contributed by atoms with Crippen molar-refractivity contribution in [3.05, 3.63) is 53.3 Å². The first-order valence-electron chi connectivity index (χ1n) is 11.4. The summed E-state index contributed by atoms with van der Waals surface area (Å²) >= 11 is 0. The number of unbranched alkanes of at least 4 members (excludes halogenated alkanes) is 5. The van der Waals surface area contributed by atoms with E-state index in [1.165, 1.54) is 49.6 Å². The van der Waals surface area contributed by atoms with Gasteiger partial charge in [0.05, 0.1) is 17.7 Å². The molecule has 0 saturated carbocycles. The van der Waals surface area contributed by atoms with Crippen LogP contribution in [0.2, 0.25) is 0 Å². The highest BCUT2D eigenvalue weighted by atomic mass is 19.1. The van der Waals surface area contributed by atoms with Gasteiger partial charge in [-0.25, -0.2) is 9.18 Å². The van der Waals surface area contributed by atoms with E-state index in [1.807, 2.05) is 6.92 Å². The van der Waals surface area contributed by atoms with Crippen LogP contribution in [0, 0.1) is 11.7 Å². The Labute approximate surface area is 189 Å². The minimum Gasteiger partial charge on any atom is -0.507 e. The molecule has 0 aliphatic heterocycles. The summed E-state index contributed by atoms with van der Waals surface area (Å²) in [6.45, 7) is 6.26. The molecular weight excluding hydrogens is 411 g/mol. The van der Waals surface area contributed by atoms with Crippen LogP contribution in [0.1, 0.15) is 86.4 Å². The first kappa shape index (κ1) is 25.4. The fourth-order valence-corrected chi connectivity index (χ4v) is 3.21. The van der Waals surface area contributed by atoms with Crippen LogP contribution in [0.4, 0.5) is 4.39 Å². The van der Waals surface area contributed by atoms with Crippen molar-refractivity contribution in [1.82, 2.24) is 0 Å². The minimum atomic E-state index is -0.772. The summed E-state index contributed by atoms with van der Waals surface area (Å²) in [6.07, 6.45) is 7.32. The maximum absolute atomic E-state index is 14.3. The molecule has 1 unspecified atom stereocenters. The second kappa shape index (κ2) is 12.8. The molecule has 0 bridgehead atoms. The quantitative estimate of drug-likeness (QED) is 0.161. The number of phenolic OH excluding ortho intramolecular Hbond substituents is 1. The average Bonchev–Trinajstić information content (AvgIpc) is 2.78. The highest BCUT2D eigenvalue weighted by molar-refractivity contribution is 6.00. The topological polar surface area (TPSA) is 72.8 Å². The van der Waals surface area contributed by atoms with Gasteiger partial charge in [0, 0.05) is 12.0 Å². The Balaban J connectivity index is 1.92. The molecule has 1 N–H and O–H groups in total. The number of hydrogen-bond donors (Lipinski definition) is 1. The summed E-state index contributed by atoms with van der Waals surface area (Å²) in [7, 11) is 0. The van der Waals surface area contributed by atoms with E-state index in [4.69, 9.17) is 9.47 Å². The smallest absolute Gasteiger partial charge is 0.343 e. The Bertz CT molecular complexity index is 909. The van der Waals surface area contributed by atoms with E-state index in [2.05, 4.69) is 6.92 Å². The Morgan fingerprint density at radius 2 is 1.72 bits per heavy atom. The summed E-state index contributed by atoms with van der Waals surface area (Å²) in [5.41, 5.74) is 0.200. The predicted octanol–water partition coefficient (Wildman–Crippen LogP) is 6.72. The number of esters is 1. The van der Waals surface area contributed by atoms with Crippen molar-refractivity contribution in [3.63, 3.8) is 0 Å². The number of aromatic hydroxyl groups is 1. The van der Waals surface area contributed by atoms with Crippen molar-refractivity contribution in [1.29, 1.82) is 0 Å². The highest BCUT2D eigenvalue weighted by Gasteiger charge is 2.19. The Morgan fingerprint density at radius 1 is 1.00 bits per heavy atom. The maximum atomic E-state index is 14.3. The lowest BCUT2D eigenvalue weighted by Crippen LogP contribution is -2.12. The molecule has 0 saturated heterocycles. The summed E-state index contributed by atoms with van der Waals surface area (Å²) in [5, 5.41) is 10.1. The van der Waals surface area contributed by atoms with Crippen molar-refractivity contribution in [2.24, 2.45) is 5.92 Å². The molecule has 1 atom stereocenters. The lowest BCUT2D eigenvalue weighted by molar-refractivity contribution is 0.0734. The first-order valence-corrected chi connectivity index (χ1v) is 11.4. The molecule has 32 heavy (non-hydrogen) atoms. The Morgan fingerprint density at radius 3 is 2.38 bits per heavy atom. The fourth-order valence-electron chi connectivity index (χ4n) is 3.21. The van der Waals surface area contributed by atoms with Crippen molar-refractivity contribution < 1.29 is 28.6 Å². The number of benzene rings is 2. The van der Waals surface area contributed by atoms with Crippen LogP contribution >= 0.6 is 0 Å². The molecule has 174 valence electrons. The highest BCUT2D eigenvalue weighted by Crippen LogP contribution is 2.27. The molecule has 0 aliphatic carbocycles. The number of ketones is 1. The number of carbonyl (C=O) groups excluding carboxylic acids is 2. The van der Waals surface area contributed by atoms with E-state index in [1.54, 1.807) is 6.92 Å². The van der Waals surface area contributed by atoms with Gasteiger partial charge in [0.1, 0.15) is 11.5 Å². The number of halogens is 1. The molecule has 0 radical (unpaired) electrons. The summed E-state index contributed by atoms with van der Waals surface area (Å²) in [4.78, 5) is 24.6. The van der Waals surface area contributed by atoms with Crippen LogP contribution in [0.3, 0.4) is 0 Å². The SMILES string of the molecule is CCCCCCCCOc1ccc(C(=O)Oc2ccc(C(=O)C(C)CC)c(O)c2)cc1F. The van der Waals surface area contributed by atoms with E-state index < -0.39 is 11.8 Å². The zero-order chi connectivity index (χ0) is 23.5. The van der Waals surface area contributed by atoms with E-state index in [9.17, 15) is 19.1 Å². The monoisotopic (exact) mass is 444 g/mol. The number of rotatable bonds is 13. The summed E-state index contributed by atoms with van der Waals surface area (Å²) < 4.78 is 25.0. The molecule has 0 fully saturated rings. The van der Waals surface area contributed by atoms with Gasteiger partial charge in [0.2, 0.25) is 0 Å². The van der Waals surface area contributed by atoms with Gasteiger partial charge in [0.15, 0.2) is 17.3 Å². The van der Waals surface area contributed by atoms with Gasteiger partial charge in [-0.3, -0.25) is 4.79 Å². The van der Waals surface area contributed by atoms with Crippen LogP contribution in [0.15, 0.2) is 36.4 Å². The molecule has 0 aromatic heterocycles. The van der Waals surface area contributed by atoms with Crippen molar-refractivity contribution in [2.45, 2.75) is 65.7 Å². The molecule has 0 amide bonds. The van der Waals surface area contributed by atoms with Crippen LogP contribution in [-0.4, -0.2) is 23.5 Å². The normalized spacial score (nSPS) is 11.8. The molecule has 2 aromatic rings. The first-order chi connectivity index (χ1) is 15.4. The minimum absolute atomic E-state index is 0.0219. The predicted molar refractivity (Wildman–Crippen MR) is 122 cm³/mol. The fraction of sp³-hybridized carbons (Fsp3) is 0.462. The maximum Gasteiger partial charge on any atom is 0.343 e. The van der Waals surface area contributed by atoms with Gasteiger partial charge in [-0.1, -0.05) is 52.9 Å². The molecule has 6 heteroatoms. The third-order valence-electron chi connectivity index (χ3n) is 5.43. The van der Waals surface area contributed by atoms with Crippen LogP contribution in [0.5, 0.6) is 17.2 Å². The van der Waals surface area contributed by atoms with Crippen LogP contribution < -0.4 is 9.47 Å². The second-order valence-corrected chi connectivity index (χ2v) is 8.00. The van der Waals surface area contributed by atoms with E-state index in [-0.39, 0.29) is 40.1 Å². The van der Waals surface area contributed by atoms with Gasteiger partial charge in [-0.15, -0.1) is 0 Å². The van der Waals surface area contributed by atoms with Crippen molar-refractivity contribution in [3.8, 4) is 17.2 Å². The zero-order valence-corrected chi connectivity index (χ0v) is 19.2. The van der Waals surface area contributed by atoms with Crippen LogP contribution in [-0.2, 0) is 0 Å². The molecule has 2 rings (SSSR count). The third kappa shape index (κ3) is 7.36. The molecule has 0 heterocycles. The lowest BCUT2D eigenvalue weighted by Gasteiger charge is -2.11. The number of carbonyl (C=O) groups is 2. The van der Waals surface area contributed by atoms with Crippen molar-refractivity contribution >= 4 is 11.8 Å². The number of hydrogen-bond acceptors (Lipinski definition) is 5. The van der Waals surface area contributed by atoms with E-state index >= 15 is 0 Å². The zero-order valence-electron chi connectivity index (χ0n) is 19.2. The van der Waals surface area contributed by atoms with Gasteiger partial charge >= 0.3 is 5.97 Å². The number of Topliss-reactive ketones (excluding diaryl/α,β-unsaturated/α-hetero) is 1. The van der Waals surface area contributed by atoms with Gasteiger partial charge in [-0.05, 0) is 43.2 Å². The van der Waals surface area contributed by atoms with Gasteiger partial charge in [0.25, 0.3) is 0 Å². The van der Waals surface area contributed by atoms with E-state index in [0.717, 1.165) is 25.3 Å². The van der Waals surface area contributed by atoms with Crippen LogP contribution in [0.25, 0.3) is 0 Å². The van der Waals surface area contributed by atoms with Gasteiger partial charge < -0.3 is 14.6 Å². The molecule has 0 aliphatic rings. The molecule has 2 aromatic carbocycles. The van der Waals surface area contributed by atoms with Crippen molar-refractivity contribution in [2.75, 3.05) is 6.61 Å². The summed E-state index contributed by atoms with van der Waals surface area (Å²) in [5.74, 6) is -1.90. The largest absolute Gasteiger partial charge is 0.507 e. The second-order valence-electron chi connectivity index (χ2n) is 8.00. The Hall–Kier alpha value is -2.89. The number of phenols is 1. The van der Waals surface area contributed by atoms with E-state index in [0.29, 0.717) is 13.0 Å².